The molecule has 1 aromatic rings. The highest BCUT2D eigenvalue weighted by Gasteiger charge is 2.10. The van der Waals surface area contributed by atoms with Gasteiger partial charge in [0.15, 0.2) is 0 Å². The smallest absolute Gasteiger partial charge is 0.0626 e. The number of nitrogens with one attached hydrogen (secondary N) is 1. The first-order chi connectivity index (χ1) is 9.02. The molecule has 0 saturated heterocycles. The fourth-order valence-corrected chi connectivity index (χ4v) is 2.06. The summed E-state index contributed by atoms with van der Waals surface area (Å²) in [5, 5.41) is 3.58. The molecule has 1 atom stereocenters. The molecule has 0 aromatic heterocycles. The summed E-state index contributed by atoms with van der Waals surface area (Å²) < 4.78 is 5.76. The minimum absolute atomic E-state index is 0.297. The summed E-state index contributed by atoms with van der Waals surface area (Å²) in [5.74, 6) is 0. The van der Waals surface area contributed by atoms with Crippen LogP contribution in [0.5, 0.6) is 0 Å². The number of ether oxygens (including phenoxy) is 1. The van der Waals surface area contributed by atoms with Gasteiger partial charge in [0.25, 0.3) is 0 Å². The van der Waals surface area contributed by atoms with Crippen molar-refractivity contribution in [3.8, 4) is 0 Å². The Balaban J connectivity index is 2.61. The highest BCUT2D eigenvalue weighted by Crippen LogP contribution is 2.12. The molecule has 0 aliphatic rings. The Morgan fingerprint density at radius 2 is 1.89 bits per heavy atom. The average molecular weight is 263 g/mol. The first-order valence-electron chi connectivity index (χ1n) is 7.44. The van der Waals surface area contributed by atoms with Crippen molar-refractivity contribution in [2.45, 2.75) is 59.6 Å². The predicted molar refractivity (Wildman–Crippen MR) is 82.8 cm³/mol. The second kappa shape index (κ2) is 8.34. The summed E-state index contributed by atoms with van der Waals surface area (Å²) in [7, 11) is 0. The van der Waals surface area contributed by atoms with E-state index in [0.717, 1.165) is 26.0 Å². The van der Waals surface area contributed by atoms with E-state index in [-0.39, 0.29) is 0 Å². The van der Waals surface area contributed by atoms with E-state index in [4.69, 9.17) is 4.74 Å². The van der Waals surface area contributed by atoms with E-state index in [2.05, 4.69) is 58.1 Å². The van der Waals surface area contributed by atoms with Crippen molar-refractivity contribution in [1.82, 2.24) is 5.32 Å². The normalized spacial score (nSPS) is 12.9. The molecule has 1 unspecified atom stereocenters. The van der Waals surface area contributed by atoms with Crippen LogP contribution in [0.1, 0.15) is 43.9 Å². The molecule has 0 bridgehead atoms. The van der Waals surface area contributed by atoms with Crippen LogP contribution >= 0.6 is 0 Å². The highest BCUT2D eigenvalue weighted by atomic mass is 16.5. The largest absolute Gasteiger partial charge is 0.377 e. The SMILES string of the molecule is CCCNC(COC(C)C)Cc1ccc(C)c(C)c1. The molecule has 2 nitrogen and oxygen atoms in total. The van der Waals surface area contributed by atoms with Crippen molar-refractivity contribution in [1.29, 1.82) is 0 Å². The number of aryl methyl sites for hydroxylation is 2. The van der Waals surface area contributed by atoms with E-state index in [1.165, 1.54) is 16.7 Å². The Morgan fingerprint density at radius 3 is 2.47 bits per heavy atom. The highest BCUT2D eigenvalue weighted by molar-refractivity contribution is 5.30. The maximum Gasteiger partial charge on any atom is 0.0626 e. The quantitative estimate of drug-likeness (QED) is 0.773. The number of hydrogen-bond acceptors (Lipinski definition) is 2. The third kappa shape index (κ3) is 6.22. The van der Waals surface area contributed by atoms with E-state index in [1.54, 1.807) is 0 Å². The van der Waals surface area contributed by atoms with E-state index in [1.807, 2.05) is 0 Å². The Hall–Kier alpha value is -0.860. The first kappa shape index (κ1) is 16.2. The molecule has 0 heterocycles. The average Bonchev–Trinajstić information content (AvgIpc) is 2.37. The standard InChI is InChI=1S/C17H29NO/c1-6-9-18-17(12-19-13(2)3)11-16-8-7-14(4)15(5)10-16/h7-8,10,13,17-18H,6,9,11-12H2,1-5H3. The van der Waals surface area contributed by atoms with Crippen molar-refractivity contribution in [2.75, 3.05) is 13.2 Å². The van der Waals surface area contributed by atoms with Crippen molar-refractivity contribution in [3.63, 3.8) is 0 Å². The Kier molecular flexibility index (Phi) is 7.11. The van der Waals surface area contributed by atoms with Gasteiger partial charge in [0.2, 0.25) is 0 Å². The fourth-order valence-electron chi connectivity index (χ4n) is 2.06. The lowest BCUT2D eigenvalue weighted by Gasteiger charge is -2.20. The van der Waals surface area contributed by atoms with Crippen molar-refractivity contribution in [3.05, 3.63) is 34.9 Å². The third-order valence-corrected chi connectivity index (χ3v) is 3.37. The number of hydrogen-bond donors (Lipinski definition) is 1. The minimum Gasteiger partial charge on any atom is -0.377 e. The van der Waals surface area contributed by atoms with Gasteiger partial charge in [-0.05, 0) is 63.8 Å². The lowest BCUT2D eigenvalue weighted by atomic mass is 10.0. The van der Waals surface area contributed by atoms with Gasteiger partial charge in [0, 0.05) is 6.04 Å². The van der Waals surface area contributed by atoms with Gasteiger partial charge in [-0.1, -0.05) is 25.1 Å². The van der Waals surface area contributed by atoms with Gasteiger partial charge >= 0.3 is 0 Å². The van der Waals surface area contributed by atoms with Gasteiger partial charge in [0.05, 0.1) is 12.7 Å². The van der Waals surface area contributed by atoms with Crippen LogP contribution in [0.3, 0.4) is 0 Å². The van der Waals surface area contributed by atoms with E-state index in [0.29, 0.717) is 12.1 Å². The Labute approximate surface area is 118 Å². The molecule has 108 valence electrons. The zero-order valence-electron chi connectivity index (χ0n) is 13.1. The van der Waals surface area contributed by atoms with Crippen LogP contribution < -0.4 is 5.32 Å². The molecule has 19 heavy (non-hydrogen) atoms. The Morgan fingerprint density at radius 1 is 1.16 bits per heavy atom. The zero-order chi connectivity index (χ0) is 14.3. The summed E-state index contributed by atoms with van der Waals surface area (Å²) in [5.41, 5.74) is 4.13. The molecule has 2 heteroatoms. The monoisotopic (exact) mass is 263 g/mol. The van der Waals surface area contributed by atoms with Gasteiger partial charge in [-0.3, -0.25) is 0 Å². The molecule has 0 spiro atoms. The molecule has 0 saturated carbocycles. The van der Waals surface area contributed by atoms with Crippen LogP contribution in [-0.4, -0.2) is 25.3 Å². The van der Waals surface area contributed by atoms with E-state index in [9.17, 15) is 0 Å². The number of benzene rings is 1. The van der Waals surface area contributed by atoms with Gasteiger partial charge in [-0.2, -0.15) is 0 Å². The Bertz CT molecular complexity index is 374. The van der Waals surface area contributed by atoms with Crippen LogP contribution in [0.4, 0.5) is 0 Å². The second-order valence-corrected chi connectivity index (χ2v) is 5.66. The predicted octanol–water partition coefficient (Wildman–Crippen LogP) is 3.64. The summed E-state index contributed by atoms with van der Waals surface area (Å²) in [6.45, 7) is 12.6. The molecular formula is C17H29NO. The zero-order valence-corrected chi connectivity index (χ0v) is 13.1. The van der Waals surface area contributed by atoms with Crippen molar-refractivity contribution in [2.24, 2.45) is 0 Å². The van der Waals surface area contributed by atoms with E-state index >= 15 is 0 Å². The van der Waals surface area contributed by atoms with Gasteiger partial charge in [-0.15, -0.1) is 0 Å². The van der Waals surface area contributed by atoms with Crippen LogP contribution in [0.15, 0.2) is 18.2 Å². The second-order valence-electron chi connectivity index (χ2n) is 5.66. The topological polar surface area (TPSA) is 21.3 Å². The van der Waals surface area contributed by atoms with Crippen LogP contribution in [0.25, 0.3) is 0 Å². The molecule has 0 amide bonds. The molecular weight excluding hydrogens is 234 g/mol. The molecule has 1 aromatic carbocycles. The molecule has 1 rings (SSSR count). The molecule has 0 aliphatic carbocycles. The molecule has 0 fully saturated rings. The lowest BCUT2D eigenvalue weighted by molar-refractivity contribution is 0.0613. The van der Waals surface area contributed by atoms with Crippen molar-refractivity contribution >= 4 is 0 Å². The fraction of sp³-hybridized carbons (Fsp3) is 0.647. The summed E-state index contributed by atoms with van der Waals surface area (Å²) in [4.78, 5) is 0. The third-order valence-electron chi connectivity index (χ3n) is 3.37. The summed E-state index contributed by atoms with van der Waals surface area (Å²) in [6, 6.07) is 7.15. The molecule has 0 radical (unpaired) electrons. The van der Waals surface area contributed by atoms with Gasteiger partial charge < -0.3 is 10.1 Å². The summed E-state index contributed by atoms with van der Waals surface area (Å²) in [6.07, 6.45) is 2.49. The van der Waals surface area contributed by atoms with Crippen molar-refractivity contribution < 1.29 is 4.74 Å². The van der Waals surface area contributed by atoms with Crippen LogP contribution in [-0.2, 0) is 11.2 Å². The minimum atomic E-state index is 0.297. The molecule has 0 aliphatic heterocycles. The van der Waals surface area contributed by atoms with Gasteiger partial charge in [-0.25, -0.2) is 0 Å². The molecule has 1 N–H and O–H groups in total. The maximum absolute atomic E-state index is 5.76. The number of rotatable bonds is 8. The van der Waals surface area contributed by atoms with Gasteiger partial charge in [0.1, 0.15) is 0 Å². The first-order valence-corrected chi connectivity index (χ1v) is 7.44. The summed E-state index contributed by atoms with van der Waals surface area (Å²) >= 11 is 0. The lowest BCUT2D eigenvalue weighted by Crippen LogP contribution is -2.36. The van der Waals surface area contributed by atoms with Crippen LogP contribution in [0.2, 0.25) is 0 Å². The maximum atomic E-state index is 5.76. The van der Waals surface area contributed by atoms with E-state index < -0.39 is 0 Å². The van der Waals surface area contributed by atoms with Crippen LogP contribution in [0, 0.1) is 13.8 Å².